The molecule has 32 heavy (non-hydrogen) atoms. The van der Waals surface area contributed by atoms with Crippen molar-refractivity contribution >= 4 is 28.9 Å². The number of thiophene rings is 1. The van der Waals surface area contributed by atoms with Crippen LogP contribution in [0, 0.1) is 5.41 Å². The van der Waals surface area contributed by atoms with Crippen LogP contribution < -0.4 is 0 Å². The number of unbranched alkanes of at least 4 members (excludes halogenated alkanes) is 1. The highest BCUT2D eigenvalue weighted by Gasteiger charge is 2.43. The first-order valence-electron chi connectivity index (χ1n) is 11.6. The molecule has 1 unspecified atom stereocenters. The Balaban J connectivity index is 1.52. The van der Waals surface area contributed by atoms with Crippen LogP contribution in [0.5, 0.6) is 0 Å². The van der Waals surface area contributed by atoms with Gasteiger partial charge in [0.1, 0.15) is 0 Å². The highest BCUT2D eigenvalue weighted by molar-refractivity contribution is 7.16. The molecule has 4 nitrogen and oxygen atoms in total. The molecular weight excluding hydrogens is 444 g/mol. The second-order valence-corrected chi connectivity index (χ2v) is 10.8. The van der Waals surface area contributed by atoms with Crippen molar-refractivity contribution in [3.63, 3.8) is 0 Å². The fourth-order valence-electron chi connectivity index (χ4n) is 4.73. The van der Waals surface area contributed by atoms with Gasteiger partial charge in [0.05, 0.1) is 23.7 Å². The van der Waals surface area contributed by atoms with Crippen molar-refractivity contribution in [2.45, 2.75) is 82.8 Å². The third kappa shape index (κ3) is 6.80. The molecule has 176 valence electrons. The Morgan fingerprint density at radius 1 is 1.34 bits per heavy atom. The van der Waals surface area contributed by atoms with Crippen molar-refractivity contribution in [2.24, 2.45) is 5.41 Å². The van der Waals surface area contributed by atoms with Crippen molar-refractivity contribution in [3.8, 4) is 0 Å². The number of allylic oxidation sites excluding steroid dienone is 3. The smallest absolute Gasteiger partial charge is 0.305 e. The summed E-state index contributed by atoms with van der Waals surface area (Å²) in [5.74, 6) is -0.169. The van der Waals surface area contributed by atoms with E-state index in [1.807, 2.05) is 18.2 Å². The molecule has 0 saturated heterocycles. The van der Waals surface area contributed by atoms with Gasteiger partial charge >= 0.3 is 5.97 Å². The van der Waals surface area contributed by atoms with Gasteiger partial charge in [-0.25, -0.2) is 0 Å². The molecule has 0 amide bonds. The minimum Gasteiger partial charge on any atom is -0.469 e. The lowest BCUT2D eigenvalue weighted by molar-refractivity contribution is -0.140. The first kappa shape index (κ1) is 25.2. The number of halogens is 1. The van der Waals surface area contributed by atoms with Gasteiger partial charge in [0.2, 0.25) is 0 Å². The quantitative estimate of drug-likeness (QED) is 0.214. The van der Waals surface area contributed by atoms with Gasteiger partial charge in [-0.2, -0.15) is 0 Å². The Bertz CT molecular complexity index is 850. The summed E-state index contributed by atoms with van der Waals surface area (Å²) in [5, 5.41) is 21.4. The highest BCUT2D eigenvalue weighted by Crippen LogP contribution is 2.48. The minimum atomic E-state index is -0.419. The molecular formula is C26H35ClO4S. The van der Waals surface area contributed by atoms with E-state index >= 15 is 0 Å². The normalized spacial score (nSPS) is 21.4. The van der Waals surface area contributed by atoms with E-state index in [4.69, 9.17) is 11.6 Å². The molecule has 1 fully saturated rings. The van der Waals surface area contributed by atoms with Crippen LogP contribution >= 0.6 is 22.9 Å². The second-order valence-electron chi connectivity index (χ2n) is 9.01. The maximum Gasteiger partial charge on any atom is 0.305 e. The molecule has 0 aromatic carbocycles. The summed E-state index contributed by atoms with van der Waals surface area (Å²) < 4.78 is 5.45. The molecule has 2 aliphatic rings. The molecule has 1 saturated carbocycles. The van der Waals surface area contributed by atoms with Gasteiger partial charge < -0.3 is 14.9 Å². The Kier molecular flexibility index (Phi) is 9.60. The summed E-state index contributed by atoms with van der Waals surface area (Å²) in [4.78, 5) is 12.4. The fraction of sp³-hybridized carbons (Fsp3) is 0.577. The third-order valence-corrected chi connectivity index (χ3v) is 8.10. The predicted octanol–water partition coefficient (Wildman–Crippen LogP) is 6.16. The number of hydrogen-bond donors (Lipinski definition) is 2. The van der Waals surface area contributed by atoms with E-state index < -0.39 is 6.10 Å². The van der Waals surface area contributed by atoms with Crippen LogP contribution in [-0.2, 0) is 16.0 Å². The van der Waals surface area contributed by atoms with Crippen molar-refractivity contribution in [2.75, 3.05) is 7.11 Å². The minimum absolute atomic E-state index is 0.0447. The molecule has 2 aliphatic carbocycles. The maximum absolute atomic E-state index is 11.1. The molecule has 1 heterocycles. The van der Waals surface area contributed by atoms with Gasteiger partial charge in [0.15, 0.2) is 0 Å². The molecule has 6 heteroatoms. The number of ether oxygens (including phenoxy) is 1. The van der Waals surface area contributed by atoms with Crippen molar-refractivity contribution in [1.82, 2.24) is 0 Å². The number of carbonyl (C=O) groups excluding carboxylic acids is 1. The van der Waals surface area contributed by atoms with Crippen LogP contribution in [0.25, 0.3) is 0 Å². The number of methoxy groups -OCH3 is 1. The maximum atomic E-state index is 11.1. The Morgan fingerprint density at radius 2 is 2.16 bits per heavy atom. The predicted molar refractivity (Wildman–Crippen MR) is 131 cm³/mol. The van der Waals surface area contributed by atoms with Crippen molar-refractivity contribution < 1.29 is 19.7 Å². The molecule has 2 atom stereocenters. The summed E-state index contributed by atoms with van der Waals surface area (Å²) in [7, 11) is 1.41. The Morgan fingerprint density at radius 3 is 2.81 bits per heavy atom. The van der Waals surface area contributed by atoms with Gasteiger partial charge in [0, 0.05) is 16.7 Å². The zero-order chi connectivity index (χ0) is 23.0. The van der Waals surface area contributed by atoms with Gasteiger partial charge in [0.25, 0.3) is 0 Å². The average molecular weight is 479 g/mol. The molecule has 1 aromatic rings. The van der Waals surface area contributed by atoms with Gasteiger partial charge in [-0.1, -0.05) is 47.9 Å². The van der Waals surface area contributed by atoms with E-state index in [2.05, 4.69) is 23.0 Å². The van der Waals surface area contributed by atoms with Crippen molar-refractivity contribution in [3.05, 3.63) is 56.8 Å². The number of hydrogen-bond acceptors (Lipinski definition) is 5. The van der Waals surface area contributed by atoms with Gasteiger partial charge in [-0.05, 0) is 75.5 Å². The lowest BCUT2D eigenvalue weighted by Gasteiger charge is -2.45. The van der Waals surface area contributed by atoms with Crippen LogP contribution in [0.4, 0.5) is 0 Å². The van der Waals surface area contributed by atoms with E-state index in [-0.39, 0.29) is 17.5 Å². The van der Waals surface area contributed by atoms with Crippen molar-refractivity contribution in [1.29, 1.82) is 0 Å². The zero-order valence-electron chi connectivity index (χ0n) is 18.9. The topological polar surface area (TPSA) is 66.8 Å². The third-order valence-electron chi connectivity index (χ3n) is 6.87. The van der Waals surface area contributed by atoms with E-state index in [9.17, 15) is 15.0 Å². The SMILES string of the molecule is COC(=O)CCC/C=C/CC1=C(/C=C/CC(O)C2(Cc3ccc(Cl)s3)CCC2)[C@H](O)CC1. The monoisotopic (exact) mass is 478 g/mol. The van der Waals surface area contributed by atoms with Crippen LogP contribution in [0.3, 0.4) is 0 Å². The molecule has 0 radical (unpaired) electrons. The largest absolute Gasteiger partial charge is 0.469 e. The molecule has 3 rings (SSSR count). The lowest BCUT2D eigenvalue weighted by atomic mass is 9.62. The summed E-state index contributed by atoms with van der Waals surface area (Å²) in [6.45, 7) is 0. The van der Waals surface area contributed by atoms with E-state index in [1.54, 1.807) is 11.3 Å². The Hall–Kier alpha value is -1.40. The fourth-order valence-corrected chi connectivity index (χ4v) is 5.97. The Labute approximate surface area is 200 Å². The first-order chi connectivity index (χ1) is 15.4. The van der Waals surface area contributed by atoms with Crippen LogP contribution in [0.15, 0.2) is 47.6 Å². The molecule has 0 aliphatic heterocycles. The number of aliphatic hydroxyl groups is 2. The van der Waals surface area contributed by atoms with Crippen LogP contribution in [-0.4, -0.2) is 35.5 Å². The summed E-state index contributed by atoms with van der Waals surface area (Å²) >= 11 is 7.69. The highest BCUT2D eigenvalue weighted by atomic mass is 35.5. The molecule has 1 aromatic heterocycles. The first-order valence-corrected chi connectivity index (χ1v) is 12.8. The molecule has 0 spiro atoms. The number of esters is 1. The standard InChI is InChI=1S/C26H35ClO4S/c1-31-25(30)11-5-3-2-4-8-19-12-14-22(28)21(19)9-6-10-23(29)26(16-7-17-26)18-20-13-15-24(27)32-20/h2,4,6,9,13,15,22-23,28-29H,3,5,7-8,10-12,14,16-18H2,1H3/b4-2+,9-6+/t22-,23?/m1/s1. The molecule has 2 N–H and O–H groups in total. The van der Waals surface area contributed by atoms with Crippen LogP contribution in [0.1, 0.15) is 69.1 Å². The lowest BCUT2D eigenvalue weighted by Crippen LogP contribution is -2.42. The van der Waals surface area contributed by atoms with E-state index in [0.717, 1.165) is 61.3 Å². The summed E-state index contributed by atoms with van der Waals surface area (Å²) in [6.07, 6.45) is 16.8. The zero-order valence-corrected chi connectivity index (χ0v) is 20.5. The van der Waals surface area contributed by atoms with E-state index in [0.29, 0.717) is 12.8 Å². The average Bonchev–Trinajstić information content (AvgIpc) is 3.32. The number of aliphatic hydroxyl groups excluding tert-OH is 2. The van der Waals surface area contributed by atoms with Gasteiger partial charge in [-0.15, -0.1) is 11.3 Å². The summed E-state index contributed by atoms with van der Waals surface area (Å²) in [5.41, 5.74) is 2.22. The summed E-state index contributed by atoms with van der Waals surface area (Å²) in [6, 6.07) is 4.01. The number of rotatable bonds is 12. The second kappa shape index (κ2) is 12.2. The number of carbonyl (C=O) groups is 1. The van der Waals surface area contributed by atoms with E-state index in [1.165, 1.54) is 24.0 Å². The van der Waals surface area contributed by atoms with Gasteiger partial charge in [-0.3, -0.25) is 4.79 Å². The van der Waals surface area contributed by atoms with Crippen LogP contribution in [0.2, 0.25) is 4.34 Å². The molecule has 0 bridgehead atoms.